The SMILES string of the molecule is COc1cc(CCC(=O)N2CCCN(C(=O)c3cccc(C)c3)CC2)ccc1OCC(F)(F)F. The maximum atomic E-state index is 12.8. The molecule has 0 aliphatic carbocycles. The van der Waals surface area contributed by atoms with Crippen LogP contribution in [0.1, 0.15) is 34.3 Å². The van der Waals surface area contributed by atoms with Crippen LogP contribution in [0.25, 0.3) is 0 Å². The molecule has 2 aromatic rings. The van der Waals surface area contributed by atoms with Gasteiger partial charge in [0.1, 0.15) is 0 Å². The molecule has 0 spiro atoms. The fraction of sp³-hybridized carbons (Fsp3) is 0.440. The lowest BCUT2D eigenvalue weighted by atomic mass is 10.1. The van der Waals surface area contributed by atoms with Gasteiger partial charge in [-0.25, -0.2) is 0 Å². The van der Waals surface area contributed by atoms with Crippen LogP contribution in [0.15, 0.2) is 42.5 Å². The van der Waals surface area contributed by atoms with Gasteiger partial charge in [-0.1, -0.05) is 23.8 Å². The predicted molar refractivity (Wildman–Crippen MR) is 121 cm³/mol. The summed E-state index contributed by atoms with van der Waals surface area (Å²) in [6.07, 6.45) is -3.08. The van der Waals surface area contributed by atoms with Gasteiger partial charge in [-0.3, -0.25) is 9.59 Å². The largest absolute Gasteiger partial charge is 0.493 e. The highest BCUT2D eigenvalue weighted by molar-refractivity contribution is 5.94. The van der Waals surface area contributed by atoms with Crippen molar-refractivity contribution in [2.45, 2.75) is 32.4 Å². The molecule has 0 N–H and O–H groups in total. The molecule has 1 heterocycles. The molecule has 1 saturated heterocycles. The third kappa shape index (κ3) is 7.13. The standard InChI is InChI=1S/C25H29F3N2O4/c1-18-5-3-6-20(15-18)24(32)30-12-4-11-29(13-14-30)23(31)10-8-19-7-9-21(22(16-19)33-2)34-17-25(26,27)28/h3,5-7,9,15-16H,4,8,10-14,17H2,1-2H3. The fourth-order valence-corrected chi connectivity index (χ4v) is 3.89. The van der Waals surface area contributed by atoms with Crippen LogP contribution in [0.2, 0.25) is 0 Å². The molecule has 1 aliphatic heterocycles. The van der Waals surface area contributed by atoms with Crippen molar-refractivity contribution >= 4 is 11.8 Å². The van der Waals surface area contributed by atoms with Gasteiger partial charge < -0.3 is 19.3 Å². The number of carbonyl (C=O) groups excluding carboxylic acids is 2. The topological polar surface area (TPSA) is 59.1 Å². The minimum Gasteiger partial charge on any atom is -0.493 e. The van der Waals surface area contributed by atoms with Crippen LogP contribution in [0.5, 0.6) is 11.5 Å². The molecule has 6 nitrogen and oxygen atoms in total. The predicted octanol–water partition coefficient (Wildman–Crippen LogP) is 4.25. The Labute approximate surface area is 197 Å². The summed E-state index contributed by atoms with van der Waals surface area (Å²) in [5.74, 6) is 0.134. The van der Waals surface area contributed by atoms with Gasteiger partial charge >= 0.3 is 6.18 Å². The Kier molecular flexibility index (Phi) is 8.41. The van der Waals surface area contributed by atoms with E-state index in [9.17, 15) is 22.8 Å². The van der Waals surface area contributed by atoms with Gasteiger partial charge in [0.05, 0.1) is 7.11 Å². The first-order chi connectivity index (χ1) is 16.2. The van der Waals surface area contributed by atoms with Crippen molar-refractivity contribution < 1.29 is 32.2 Å². The molecular formula is C25H29F3N2O4. The lowest BCUT2D eigenvalue weighted by molar-refractivity contribution is -0.153. The molecule has 0 radical (unpaired) electrons. The number of benzene rings is 2. The molecule has 1 fully saturated rings. The Morgan fingerprint density at radius 1 is 0.971 bits per heavy atom. The van der Waals surface area contributed by atoms with Crippen LogP contribution in [0.3, 0.4) is 0 Å². The molecule has 0 unspecified atom stereocenters. The van der Waals surface area contributed by atoms with E-state index in [1.54, 1.807) is 28.0 Å². The number of methoxy groups -OCH3 is 1. The fourth-order valence-electron chi connectivity index (χ4n) is 3.89. The molecule has 184 valence electrons. The third-order valence-corrected chi connectivity index (χ3v) is 5.65. The van der Waals surface area contributed by atoms with Crippen LogP contribution in [-0.4, -0.2) is 67.7 Å². The summed E-state index contributed by atoms with van der Waals surface area (Å²) >= 11 is 0. The maximum Gasteiger partial charge on any atom is 0.422 e. The molecule has 9 heteroatoms. The van der Waals surface area contributed by atoms with Gasteiger partial charge in [0, 0.05) is 38.2 Å². The molecule has 0 bridgehead atoms. The van der Waals surface area contributed by atoms with E-state index in [-0.39, 0.29) is 29.7 Å². The molecule has 0 atom stereocenters. The summed E-state index contributed by atoms with van der Waals surface area (Å²) in [6.45, 7) is 2.64. The summed E-state index contributed by atoms with van der Waals surface area (Å²) in [4.78, 5) is 29.2. The van der Waals surface area contributed by atoms with Gasteiger partial charge in [-0.2, -0.15) is 13.2 Å². The van der Waals surface area contributed by atoms with Crippen LogP contribution >= 0.6 is 0 Å². The maximum absolute atomic E-state index is 12.8. The highest BCUT2D eigenvalue weighted by atomic mass is 19.4. The number of ether oxygens (including phenoxy) is 2. The Hall–Kier alpha value is -3.23. The number of rotatable bonds is 7. The van der Waals surface area contributed by atoms with Crippen molar-refractivity contribution in [3.8, 4) is 11.5 Å². The van der Waals surface area contributed by atoms with Crippen LogP contribution in [0, 0.1) is 6.92 Å². The second kappa shape index (κ2) is 11.3. The van der Waals surface area contributed by atoms with Gasteiger partial charge in [-0.15, -0.1) is 0 Å². The Bertz CT molecular complexity index is 1010. The number of amides is 2. The van der Waals surface area contributed by atoms with Crippen molar-refractivity contribution in [3.05, 3.63) is 59.2 Å². The summed E-state index contributed by atoms with van der Waals surface area (Å²) in [5.41, 5.74) is 2.43. The van der Waals surface area contributed by atoms with Crippen molar-refractivity contribution in [1.29, 1.82) is 0 Å². The van der Waals surface area contributed by atoms with E-state index in [0.717, 1.165) is 11.1 Å². The monoisotopic (exact) mass is 478 g/mol. The first kappa shape index (κ1) is 25.4. The molecule has 2 aromatic carbocycles. The molecule has 34 heavy (non-hydrogen) atoms. The third-order valence-electron chi connectivity index (χ3n) is 5.65. The molecule has 2 amide bonds. The number of halogens is 3. The van der Waals surface area contributed by atoms with Gasteiger partial charge in [0.25, 0.3) is 5.91 Å². The molecule has 0 aromatic heterocycles. The quantitative estimate of drug-likeness (QED) is 0.597. The molecule has 3 rings (SSSR count). The summed E-state index contributed by atoms with van der Waals surface area (Å²) in [5, 5.41) is 0. The average molecular weight is 479 g/mol. The number of aryl methyl sites for hydroxylation is 2. The summed E-state index contributed by atoms with van der Waals surface area (Å²) in [7, 11) is 1.35. The van der Waals surface area contributed by atoms with E-state index >= 15 is 0 Å². The van der Waals surface area contributed by atoms with E-state index in [0.29, 0.717) is 44.6 Å². The van der Waals surface area contributed by atoms with Crippen LogP contribution in [0.4, 0.5) is 13.2 Å². The normalized spacial score (nSPS) is 14.5. The van der Waals surface area contributed by atoms with Crippen LogP contribution < -0.4 is 9.47 Å². The van der Waals surface area contributed by atoms with Gasteiger partial charge in [0.2, 0.25) is 5.91 Å². The van der Waals surface area contributed by atoms with Crippen LogP contribution in [-0.2, 0) is 11.2 Å². The highest BCUT2D eigenvalue weighted by Gasteiger charge is 2.29. The van der Waals surface area contributed by atoms with E-state index < -0.39 is 12.8 Å². The van der Waals surface area contributed by atoms with Crippen molar-refractivity contribution in [1.82, 2.24) is 9.80 Å². The number of carbonyl (C=O) groups is 2. The van der Waals surface area contributed by atoms with E-state index in [2.05, 4.69) is 0 Å². The zero-order chi connectivity index (χ0) is 24.7. The van der Waals surface area contributed by atoms with Crippen molar-refractivity contribution in [2.75, 3.05) is 39.9 Å². The molecule has 1 aliphatic rings. The number of hydrogen-bond donors (Lipinski definition) is 0. The first-order valence-corrected chi connectivity index (χ1v) is 11.2. The average Bonchev–Trinajstić information content (AvgIpc) is 3.07. The highest BCUT2D eigenvalue weighted by Crippen LogP contribution is 2.30. The lowest BCUT2D eigenvalue weighted by Crippen LogP contribution is -2.37. The summed E-state index contributed by atoms with van der Waals surface area (Å²) < 4.78 is 47.2. The molecular weight excluding hydrogens is 449 g/mol. The molecule has 0 saturated carbocycles. The van der Waals surface area contributed by atoms with E-state index in [4.69, 9.17) is 9.47 Å². The second-order valence-corrected chi connectivity index (χ2v) is 8.29. The van der Waals surface area contributed by atoms with E-state index in [1.807, 2.05) is 25.1 Å². The number of nitrogens with zero attached hydrogens (tertiary/aromatic N) is 2. The Balaban J connectivity index is 1.53. The van der Waals surface area contributed by atoms with Gasteiger partial charge in [0.15, 0.2) is 18.1 Å². The first-order valence-electron chi connectivity index (χ1n) is 11.2. The number of hydrogen-bond acceptors (Lipinski definition) is 4. The zero-order valence-corrected chi connectivity index (χ0v) is 19.4. The summed E-state index contributed by atoms with van der Waals surface area (Å²) in [6, 6.07) is 12.1. The second-order valence-electron chi connectivity index (χ2n) is 8.29. The Morgan fingerprint density at radius 3 is 2.41 bits per heavy atom. The Morgan fingerprint density at radius 2 is 1.71 bits per heavy atom. The van der Waals surface area contributed by atoms with Gasteiger partial charge in [-0.05, 0) is 49.6 Å². The zero-order valence-electron chi connectivity index (χ0n) is 19.4. The van der Waals surface area contributed by atoms with E-state index in [1.165, 1.54) is 13.2 Å². The number of alkyl halides is 3. The lowest BCUT2D eigenvalue weighted by Gasteiger charge is -2.22. The minimum absolute atomic E-state index is 0.000730. The van der Waals surface area contributed by atoms with Crippen molar-refractivity contribution in [3.63, 3.8) is 0 Å². The van der Waals surface area contributed by atoms with Crippen molar-refractivity contribution in [2.24, 2.45) is 0 Å². The minimum atomic E-state index is -4.44. The smallest absolute Gasteiger partial charge is 0.422 e.